The predicted octanol–water partition coefficient (Wildman–Crippen LogP) is 3.87. The number of para-hydroxylation sites is 2. The summed E-state index contributed by atoms with van der Waals surface area (Å²) in [5.74, 6) is 0.620. The van der Waals surface area contributed by atoms with E-state index in [4.69, 9.17) is 0 Å². The van der Waals surface area contributed by atoms with E-state index in [2.05, 4.69) is 44.7 Å². The van der Waals surface area contributed by atoms with E-state index in [1.165, 1.54) is 5.56 Å². The largest absolute Gasteiger partial charge is 0.323 e. The van der Waals surface area contributed by atoms with Gasteiger partial charge in [0.15, 0.2) is 0 Å². The highest BCUT2D eigenvalue weighted by molar-refractivity contribution is 5.83. The van der Waals surface area contributed by atoms with Gasteiger partial charge in [0.2, 0.25) is 5.95 Å². The minimum Gasteiger partial charge on any atom is -0.323 e. The van der Waals surface area contributed by atoms with E-state index >= 15 is 0 Å². The first-order valence-corrected chi connectivity index (χ1v) is 8.52. The third-order valence-electron chi connectivity index (χ3n) is 4.37. The van der Waals surface area contributed by atoms with E-state index in [9.17, 15) is 0 Å². The lowest BCUT2D eigenvalue weighted by Crippen LogP contribution is -2.04. The summed E-state index contributed by atoms with van der Waals surface area (Å²) in [7, 11) is 0. The van der Waals surface area contributed by atoms with E-state index in [0.717, 1.165) is 34.5 Å². The number of benzene rings is 2. The molecule has 6 heteroatoms. The number of aromatic nitrogens is 4. The minimum atomic E-state index is 0.620. The molecule has 4 aromatic rings. The lowest BCUT2D eigenvalue weighted by Gasteiger charge is -2.04. The molecule has 0 fully saturated rings. The summed E-state index contributed by atoms with van der Waals surface area (Å²) in [5.41, 5.74) is 9.13. The highest BCUT2D eigenvalue weighted by Gasteiger charge is 2.10. The molecule has 0 saturated carbocycles. The van der Waals surface area contributed by atoms with E-state index < -0.39 is 0 Å². The van der Waals surface area contributed by atoms with E-state index in [0.29, 0.717) is 5.95 Å². The number of hydrazone groups is 1. The molecule has 0 saturated heterocycles. The predicted molar refractivity (Wildman–Crippen MR) is 105 cm³/mol. The monoisotopic (exact) mass is 344 g/mol. The molecule has 0 aliphatic carbocycles. The van der Waals surface area contributed by atoms with Gasteiger partial charge in [-0.2, -0.15) is 10.2 Å². The SMILES string of the molecule is Cc1nn(Cc2ccccc2)c(C)c1C=NNc1nc2ccccc2[nH]1. The molecule has 0 unspecified atom stereocenters. The van der Waals surface area contributed by atoms with Crippen LogP contribution in [-0.4, -0.2) is 26.0 Å². The number of nitrogens with zero attached hydrogens (tertiary/aromatic N) is 4. The maximum Gasteiger partial charge on any atom is 0.222 e. The molecule has 6 nitrogen and oxygen atoms in total. The van der Waals surface area contributed by atoms with Gasteiger partial charge in [-0.1, -0.05) is 42.5 Å². The highest BCUT2D eigenvalue weighted by atomic mass is 15.4. The molecule has 2 aromatic carbocycles. The molecule has 0 atom stereocenters. The molecule has 0 radical (unpaired) electrons. The van der Waals surface area contributed by atoms with Crippen molar-refractivity contribution in [2.75, 3.05) is 5.43 Å². The van der Waals surface area contributed by atoms with Crippen LogP contribution in [0.3, 0.4) is 0 Å². The molecule has 0 amide bonds. The lowest BCUT2D eigenvalue weighted by molar-refractivity contribution is 0.659. The Labute approximate surface area is 151 Å². The molecule has 2 aromatic heterocycles. The maximum atomic E-state index is 4.64. The molecule has 130 valence electrons. The van der Waals surface area contributed by atoms with Crippen molar-refractivity contribution in [3.05, 3.63) is 77.1 Å². The zero-order valence-electron chi connectivity index (χ0n) is 14.8. The van der Waals surface area contributed by atoms with Gasteiger partial charge in [0.1, 0.15) is 0 Å². The number of H-pyrrole nitrogens is 1. The van der Waals surface area contributed by atoms with Crippen LogP contribution in [0.4, 0.5) is 5.95 Å². The Morgan fingerprint density at radius 1 is 1.08 bits per heavy atom. The third kappa shape index (κ3) is 3.21. The van der Waals surface area contributed by atoms with Crippen molar-refractivity contribution < 1.29 is 0 Å². The Morgan fingerprint density at radius 2 is 1.85 bits per heavy atom. The quantitative estimate of drug-likeness (QED) is 0.426. The van der Waals surface area contributed by atoms with Crippen LogP contribution in [0.25, 0.3) is 11.0 Å². The standard InChI is InChI=1S/C20H20N6/c1-14-17(15(2)26(25-14)13-16-8-4-3-5-9-16)12-21-24-20-22-18-10-6-7-11-19(18)23-20/h3-12H,13H2,1-2H3,(H2,22,23,24). The van der Waals surface area contributed by atoms with Crippen LogP contribution in [0, 0.1) is 13.8 Å². The highest BCUT2D eigenvalue weighted by Crippen LogP contribution is 2.15. The number of aromatic amines is 1. The first-order chi connectivity index (χ1) is 12.7. The zero-order chi connectivity index (χ0) is 17.9. The second kappa shape index (κ2) is 6.84. The zero-order valence-corrected chi connectivity index (χ0v) is 14.8. The molecule has 4 rings (SSSR count). The second-order valence-electron chi connectivity index (χ2n) is 6.20. The topological polar surface area (TPSA) is 70.9 Å². The first kappa shape index (κ1) is 16.1. The first-order valence-electron chi connectivity index (χ1n) is 8.52. The number of hydrogen-bond acceptors (Lipinski definition) is 4. The van der Waals surface area contributed by atoms with Crippen LogP contribution < -0.4 is 5.43 Å². The summed E-state index contributed by atoms with van der Waals surface area (Å²) >= 11 is 0. The maximum absolute atomic E-state index is 4.64. The van der Waals surface area contributed by atoms with Crippen LogP contribution in [0.15, 0.2) is 59.7 Å². The van der Waals surface area contributed by atoms with Crippen molar-refractivity contribution in [3.8, 4) is 0 Å². The number of fused-ring (bicyclic) bond motifs is 1. The molecule has 0 spiro atoms. The summed E-state index contributed by atoms with van der Waals surface area (Å²) in [6, 6.07) is 18.2. The van der Waals surface area contributed by atoms with Gasteiger partial charge in [0, 0.05) is 11.3 Å². The summed E-state index contributed by atoms with van der Waals surface area (Å²) in [6.45, 7) is 4.81. The molecular weight excluding hydrogens is 324 g/mol. The van der Waals surface area contributed by atoms with Crippen molar-refractivity contribution in [2.24, 2.45) is 5.10 Å². The van der Waals surface area contributed by atoms with Crippen LogP contribution >= 0.6 is 0 Å². The number of nitrogens with one attached hydrogen (secondary N) is 2. The van der Waals surface area contributed by atoms with Crippen molar-refractivity contribution in [3.63, 3.8) is 0 Å². The summed E-state index contributed by atoms with van der Waals surface area (Å²) in [5, 5.41) is 8.97. The Bertz CT molecular complexity index is 1030. The fourth-order valence-corrected chi connectivity index (χ4v) is 2.97. The summed E-state index contributed by atoms with van der Waals surface area (Å²) < 4.78 is 2.01. The van der Waals surface area contributed by atoms with E-state index in [1.54, 1.807) is 6.21 Å². The molecule has 26 heavy (non-hydrogen) atoms. The van der Waals surface area contributed by atoms with Gasteiger partial charge in [-0.25, -0.2) is 10.4 Å². The molecule has 0 aliphatic rings. The van der Waals surface area contributed by atoms with Gasteiger partial charge >= 0.3 is 0 Å². The Hall–Kier alpha value is -3.41. The van der Waals surface area contributed by atoms with Gasteiger partial charge in [-0.3, -0.25) is 4.68 Å². The van der Waals surface area contributed by atoms with Crippen LogP contribution in [-0.2, 0) is 6.54 Å². The van der Waals surface area contributed by atoms with Crippen molar-refractivity contribution in [1.82, 2.24) is 19.7 Å². The molecule has 0 aliphatic heterocycles. The van der Waals surface area contributed by atoms with Crippen LogP contribution in [0.2, 0.25) is 0 Å². The smallest absolute Gasteiger partial charge is 0.222 e. The Kier molecular flexibility index (Phi) is 4.23. The number of anilines is 1. The molecule has 2 N–H and O–H groups in total. The second-order valence-corrected chi connectivity index (χ2v) is 6.20. The van der Waals surface area contributed by atoms with E-state index in [-0.39, 0.29) is 0 Å². The Balaban J connectivity index is 1.51. The average molecular weight is 344 g/mol. The van der Waals surface area contributed by atoms with Gasteiger partial charge in [0.05, 0.1) is 29.5 Å². The minimum absolute atomic E-state index is 0.620. The fraction of sp³-hybridized carbons (Fsp3) is 0.150. The Morgan fingerprint density at radius 3 is 2.65 bits per heavy atom. The number of rotatable bonds is 5. The molecular formula is C20H20N6. The van der Waals surface area contributed by atoms with Crippen LogP contribution in [0.1, 0.15) is 22.5 Å². The normalized spacial score (nSPS) is 11.5. The number of aryl methyl sites for hydroxylation is 1. The van der Waals surface area contributed by atoms with Crippen molar-refractivity contribution in [1.29, 1.82) is 0 Å². The number of imidazole rings is 1. The van der Waals surface area contributed by atoms with E-state index in [1.807, 2.05) is 54.1 Å². The van der Waals surface area contributed by atoms with Crippen molar-refractivity contribution >= 4 is 23.2 Å². The summed E-state index contributed by atoms with van der Waals surface area (Å²) in [4.78, 5) is 7.64. The van der Waals surface area contributed by atoms with Crippen LogP contribution in [0.5, 0.6) is 0 Å². The molecule has 0 bridgehead atoms. The van der Waals surface area contributed by atoms with Gasteiger partial charge in [0.25, 0.3) is 0 Å². The summed E-state index contributed by atoms with van der Waals surface area (Å²) in [6.07, 6.45) is 1.80. The van der Waals surface area contributed by atoms with Gasteiger partial charge < -0.3 is 4.98 Å². The van der Waals surface area contributed by atoms with Crippen molar-refractivity contribution in [2.45, 2.75) is 20.4 Å². The molecule has 2 heterocycles. The average Bonchev–Trinajstić information content (AvgIpc) is 3.18. The third-order valence-corrected chi connectivity index (χ3v) is 4.37. The van der Waals surface area contributed by atoms with Gasteiger partial charge in [-0.15, -0.1) is 0 Å². The van der Waals surface area contributed by atoms with Gasteiger partial charge in [-0.05, 0) is 31.5 Å². The number of hydrogen-bond donors (Lipinski definition) is 2. The lowest BCUT2D eigenvalue weighted by atomic mass is 10.2. The fourth-order valence-electron chi connectivity index (χ4n) is 2.97.